The van der Waals surface area contributed by atoms with E-state index >= 15 is 0 Å². The van der Waals surface area contributed by atoms with Crippen molar-refractivity contribution in [2.45, 2.75) is 57.9 Å². The summed E-state index contributed by atoms with van der Waals surface area (Å²) < 4.78 is 86.2. The minimum atomic E-state index is -4.96. The highest BCUT2D eigenvalue weighted by atomic mass is 32.2. The van der Waals surface area contributed by atoms with Gasteiger partial charge in [0.1, 0.15) is 12.2 Å². The van der Waals surface area contributed by atoms with Gasteiger partial charge in [-0.25, -0.2) is 13.2 Å². The Hall–Kier alpha value is -2.01. The van der Waals surface area contributed by atoms with E-state index in [0.717, 1.165) is 37.0 Å². The molecule has 3 aliphatic rings. The second kappa shape index (κ2) is 8.89. The van der Waals surface area contributed by atoms with Gasteiger partial charge < -0.3 is 18.8 Å². The van der Waals surface area contributed by atoms with Crippen molar-refractivity contribution in [1.29, 1.82) is 0 Å². The third-order valence-electron chi connectivity index (χ3n) is 7.67. The maximum atomic E-state index is 13.0. The summed E-state index contributed by atoms with van der Waals surface area (Å²) in [5.41, 5.74) is -0.956. The summed E-state index contributed by atoms with van der Waals surface area (Å²) in [6, 6.07) is 3.13. The largest absolute Gasteiger partial charge is 0.748 e. The molecule has 34 heavy (non-hydrogen) atoms. The topological polar surface area (TPSA) is 102 Å². The zero-order chi connectivity index (χ0) is 24.9. The third-order valence-corrected chi connectivity index (χ3v) is 8.33. The lowest BCUT2D eigenvalue weighted by atomic mass is 9.70. The van der Waals surface area contributed by atoms with Crippen LogP contribution in [0.3, 0.4) is 0 Å². The molecule has 0 aliphatic heterocycles. The molecular weight excluding hydrogens is 477 g/mol. The molecule has 0 aromatic heterocycles. The van der Waals surface area contributed by atoms with Crippen molar-refractivity contribution in [2.24, 2.45) is 29.6 Å². The van der Waals surface area contributed by atoms with Crippen molar-refractivity contribution < 1.29 is 45.1 Å². The first-order valence-corrected chi connectivity index (χ1v) is 13.0. The van der Waals surface area contributed by atoms with E-state index in [-0.39, 0.29) is 17.2 Å². The van der Waals surface area contributed by atoms with Gasteiger partial charge in [0.25, 0.3) is 0 Å². The molecular formula is C23H28F3O7S-. The van der Waals surface area contributed by atoms with Gasteiger partial charge in [-0.05, 0) is 81.4 Å². The predicted octanol–water partition coefficient (Wildman–Crippen LogP) is 4.52. The minimum Gasteiger partial charge on any atom is -0.748 e. The molecule has 4 rings (SSSR count). The third kappa shape index (κ3) is 5.45. The van der Waals surface area contributed by atoms with Crippen LogP contribution in [-0.4, -0.2) is 43.3 Å². The fourth-order valence-electron chi connectivity index (χ4n) is 6.47. The van der Waals surface area contributed by atoms with Gasteiger partial charge in [0.2, 0.25) is 0 Å². The van der Waals surface area contributed by atoms with Gasteiger partial charge >= 0.3 is 12.3 Å². The second-order valence-electron chi connectivity index (χ2n) is 10.1. The number of hydrogen-bond acceptors (Lipinski definition) is 7. The van der Waals surface area contributed by atoms with Crippen LogP contribution in [0.25, 0.3) is 0 Å². The molecule has 1 aromatic rings. The fraction of sp³-hybridized carbons (Fsp3) is 0.696. The van der Waals surface area contributed by atoms with E-state index in [1.807, 2.05) is 13.8 Å². The van der Waals surface area contributed by atoms with Crippen molar-refractivity contribution >= 4 is 16.1 Å². The number of fused-ring (bicyclic) bond motifs is 5. The summed E-state index contributed by atoms with van der Waals surface area (Å²) in [6.07, 6.45) is 0.768. The highest BCUT2D eigenvalue weighted by Crippen LogP contribution is 2.63. The van der Waals surface area contributed by atoms with Crippen molar-refractivity contribution in [3.05, 3.63) is 23.8 Å². The predicted molar refractivity (Wildman–Crippen MR) is 113 cm³/mol. The van der Waals surface area contributed by atoms with Crippen LogP contribution in [0, 0.1) is 29.6 Å². The van der Waals surface area contributed by atoms with Crippen LogP contribution < -0.4 is 9.47 Å². The SMILES string of the molecule is CC(C)(Oc1cc(C(=O)OCCS(=O)(=O)[O-])ccc1OC(F)(F)F)C1CC2CC1C1CCCC21. The highest BCUT2D eigenvalue weighted by molar-refractivity contribution is 7.85. The summed E-state index contributed by atoms with van der Waals surface area (Å²) in [4.78, 5) is 12.3. The summed E-state index contributed by atoms with van der Waals surface area (Å²) in [6.45, 7) is 3.04. The second-order valence-corrected chi connectivity index (χ2v) is 11.6. The number of hydrogen-bond donors (Lipinski definition) is 0. The molecule has 0 radical (unpaired) electrons. The van der Waals surface area contributed by atoms with E-state index in [4.69, 9.17) is 9.47 Å². The number of benzene rings is 1. The number of carbonyl (C=O) groups is 1. The standard InChI is InChI=1S/C23H29F3O7S/c1-22(2,18-11-14-10-17(18)16-5-3-4-15(14)16)32-20-12-13(6-7-19(20)33-23(24,25)26)21(27)31-8-9-34(28,29)30/h6-7,12,14-18H,3-5,8-11H2,1-2H3,(H,28,29,30)/p-1. The fourth-order valence-corrected chi connectivity index (χ4v) is 6.76. The number of halogens is 3. The molecule has 11 heteroatoms. The minimum absolute atomic E-state index is 0.146. The highest BCUT2D eigenvalue weighted by Gasteiger charge is 2.57. The molecule has 3 saturated carbocycles. The number of alkyl halides is 3. The van der Waals surface area contributed by atoms with Crippen LogP contribution >= 0.6 is 0 Å². The maximum Gasteiger partial charge on any atom is 0.573 e. The van der Waals surface area contributed by atoms with E-state index in [1.165, 1.54) is 19.3 Å². The summed E-state index contributed by atoms with van der Waals surface area (Å²) in [7, 11) is -4.58. The molecule has 0 amide bonds. The van der Waals surface area contributed by atoms with E-state index < -0.39 is 46.2 Å². The lowest BCUT2D eigenvalue weighted by Gasteiger charge is -2.41. The van der Waals surface area contributed by atoms with Gasteiger partial charge in [-0.2, -0.15) is 0 Å². The quantitative estimate of drug-likeness (QED) is 0.378. The normalized spacial score (nSPS) is 28.6. The molecule has 3 aliphatic carbocycles. The lowest BCUT2D eigenvalue weighted by molar-refractivity contribution is -0.275. The van der Waals surface area contributed by atoms with Gasteiger partial charge in [0, 0.05) is 5.92 Å². The van der Waals surface area contributed by atoms with Crippen molar-refractivity contribution in [3.63, 3.8) is 0 Å². The average Bonchev–Trinajstić information content (AvgIpc) is 3.40. The first kappa shape index (κ1) is 25.1. The number of esters is 1. The van der Waals surface area contributed by atoms with Crippen LogP contribution in [0.5, 0.6) is 11.5 Å². The Kier molecular flexibility index (Phi) is 6.56. The Labute approximate surface area is 196 Å². The zero-order valence-corrected chi connectivity index (χ0v) is 19.8. The van der Waals surface area contributed by atoms with E-state index in [9.17, 15) is 30.9 Å². The van der Waals surface area contributed by atoms with Gasteiger partial charge in [-0.15, -0.1) is 13.2 Å². The molecule has 0 heterocycles. The van der Waals surface area contributed by atoms with Crippen molar-refractivity contribution in [3.8, 4) is 11.5 Å². The molecule has 2 bridgehead atoms. The smallest absolute Gasteiger partial charge is 0.573 e. The molecule has 190 valence electrons. The summed E-state index contributed by atoms with van der Waals surface area (Å²) in [5, 5.41) is 0. The molecule has 3 fully saturated rings. The zero-order valence-electron chi connectivity index (χ0n) is 19.0. The Bertz CT molecular complexity index is 1040. The van der Waals surface area contributed by atoms with Crippen LogP contribution in [-0.2, 0) is 14.9 Å². The monoisotopic (exact) mass is 505 g/mol. The molecule has 5 atom stereocenters. The van der Waals surface area contributed by atoms with Gasteiger partial charge in [0.05, 0.1) is 21.4 Å². The lowest BCUT2D eigenvalue weighted by Crippen LogP contribution is -2.43. The first-order chi connectivity index (χ1) is 15.7. The van der Waals surface area contributed by atoms with Gasteiger partial charge in [-0.3, -0.25) is 0 Å². The van der Waals surface area contributed by atoms with Crippen molar-refractivity contribution in [1.82, 2.24) is 0 Å². The van der Waals surface area contributed by atoms with Crippen molar-refractivity contribution in [2.75, 3.05) is 12.4 Å². The van der Waals surface area contributed by atoms with E-state index in [0.29, 0.717) is 17.8 Å². The molecule has 7 nitrogen and oxygen atoms in total. The maximum absolute atomic E-state index is 13.0. The Morgan fingerprint density at radius 2 is 1.76 bits per heavy atom. The molecule has 0 N–H and O–H groups in total. The van der Waals surface area contributed by atoms with Crippen LogP contribution in [0.2, 0.25) is 0 Å². The molecule has 0 spiro atoms. The van der Waals surface area contributed by atoms with Crippen LogP contribution in [0.1, 0.15) is 56.3 Å². The molecule has 5 unspecified atom stereocenters. The summed E-state index contributed by atoms with van der Waals surface area (Å²) >= 11 is 0. The van der Waals surface area contributed by atoms with E-state index in [1.54, 1.807) is 0 Å². The number of rotatable bonds is 8. The average molecular weight is 506 g/mol. The van der Waals surface area contributed by atoms with Crippen LogP contribution in [0.15, 0.2) is 18.2 Å². The molecule has 0 saturated heterocycles. The summed E-state index contributed by atoms with van der Waals surface area (Å²) in [5.74, 6) is -0.103. The molecule has 1 aromatic carbocycles. The van der Waals surface area contributed by atoms with E-state index in [2.05, 4.69) is 4.74 Å². The Morgan fingerprint density at radius 1 is 1.06 bits per heavy atom. The Morgan fingerprint density at radius 3 is 2.44 bits per heavy atom. The van der Waals surface area contributed by atoms with Crippen LogP contribution in [0.4, 0.5) is 13.2 Å². The van der Waals surface area contributed by atoms with Gasteiger partial charge in [0.15, 0.2) is 11.5 Å². The Balaban J connectivity index is 1.54. The number of carbonyl (C=O) groups excluding carboxylic acids is 1. The first-order valence-electron chi connectivity index (χ1n) is 11.4. The number of ether oxygens (including phenoxy) is 3. The van der Waals surface area contributed by atoms with Gasteiger partial charge in [-0.1, -0.05) is 6.42 Å².